The minimum atomic E-state index is 0.513. The molecule has 0 bridgehead atoms. The second-order valence-electron chi connectivity index (χ2n) is 7.64. The van der Waals surface area contributed by atoms with Crippen LogP contribution in [0.15, 0.2) is 53.5 Å². The van der Waals surface area contributed by atoms with Gasteiger partial charge in [0.1, 0.15) is 17.1 Å². The van der Waals surface area contributed by atoms with Crippen molar-refractivity contribution in [1.29, 1.82) is 0 Å². The third-order valence-electron chi connectivity index (χ3n) is 5.73. The first-order chi connectivity index (χ1) is 16.1. The van der Waals surface area contributed by atoms with Gasteiger partial charge in [0.05, 0.1) is 29.4 Å². The molecule has 5 rings (SSSR count). The van der Waals surface area contributed by atoms with E-state index in [4.69, 9.17) is 26.1 Å². The van der Waals surface area contributed by atoms with Crippen LogP contribution in [-0.4, -0.2) is 59.8 Å². The van der Waals surface area contributed by atoms with Gasteiger partial charge in [0.2, 0.25) is 5.95 Å². The number of ether oxygens (including phenoxy) is 2. The van der Waals surface area contributed by atoms with E-state index in [2.05, 4.69) is 47.8 Å². The third-order valence-corrected chi connectivity index (χ3v) is 6.43. The van der Waals surface area contributed by atoms with Gasteiger partial charge in [-0.15, -0.1) is 0 Å². The molecule has 8 nitrogen and oxygen atoms in total. The fraction of sp³-hybridized carbons (Fsp3) is 0.261. The van der Waals surface area contributed by atoms with Crippen LogP contribution in [0.5, 0.6) is 11.5 Å². The molecule has 33 heavy (non-hydrogen) atoms. The Morgan fingerprint density at radius 1 is 0.939 bits per heavy atom. The summed E-state index contributed by atoms with van der Waals surface area (Å²) < 4.78 is 13.7. The van der Waals surface area contributed by atoms with Crippen LogP contribution >= 0.6 is 27.5 Å². The maximum atomic E-state index is 6.36. The van der Waals surface area contributed by atoms with E-state index in [1.807, 2.05) is 22.9 Å². The van der Waals surface area contributed by atoms with Crippen molar-refractivity contribution in [3.63, 3.8) is 0 Å². The van der Waals surface area contributed by atoms with Crippen molar-refractivity contribution in [1.82, 2.24) is 19.4 Å². The lowest BCUT2D eigenvalue weighted by atomic mass is 10.1. The largest absolute Gasteiger partial charge is 0.496 e. The number of halogens is 2. The number of rotatable bonds is 5. The topological polar surface area (TPSA) is 68.0 Å². The van der Waals surface area contributed by atoms with E-state index in [-0.39, 0.29) is 0 Å². The number of nitrogens with zero attached hydrogens (tertiary/aromatic N) is 6. The molecule has 1 aromatic carbocycles. The lowest BCUT2D eigenvalue weighted by Crippen LogP contribution is -2.47. The lowest BCUT2D eigenvalue weighted by Gasteiger charge is -2.36. The Balaban J connectivity index is 1.37. The summed E-state index contributed by atoms with van der Waals surface area (Å²) in [6.07, 6.45) is 7.57. The van der Waals surface area contributed by atoms with Crippen molar-refractivity contribution in [2.24, 2.45) is 0 Å². The Bertz CT molecular complexity index is 1290. The molecule has 1 aliphatic heterocycles. The van der Waals surface area contributed by atoms with E-state index in [9.17, 15) is 0 Å². The summed E-state index contributed by atoms with van der Waals surface area (Å²) in [5.74, 6) is 1.99. The molecule has 0 radical (unpaired) electrons. The van der Waals surface area contributed by atoms with Gasteiger partial charge in [-0.2, -0.15) is 0 Å². The fourth-order valence-electron chi connectivity index (χ4n) is 3.99. The van der Waals surface area contributed by atoms with Crippen LogP contribution in [0.3, 0.4) is 0 Å². The molecule has 4 heterocycles. The summed E-state index contributed by atoms with van der Waals surface area (Å²) in [4.78, 5) is 18.2. The molecular formula is C23H22BrClN6O2. The number of imidazole rings is 1. The molecule has 170 valence electrons. The van der Waals surface area contributed by atoms with Crippen molar-refractivity contribution in [3.05, 3.63) is 58.5 Å². The second kappa shape index (κ2) is 9.07. The van der Waals surface area contributed by atoms with Gasteiger partial charge in [-0.25, -0.2) is 15.0 Å². The molecule has 0 aliphatic carbocycles. The lowest BCUT2D eigenvalue weighted by molar-refractivity contribution is 0.395. The van der Waals surface area contributed by atoms with Gasteiger partial charge >= 0.3 is 0 Å². The molecule has 10 heteroatoms. The molecule has 0 saturated carbocycles. The van der Waals surface area contributed by atoms with Crippen molar-refractivity contribution in [2.45, 2.75) is 0 Å². The van der Waals surface area contributed by atoms with E-state index in [0.717, 1.165) is 59.2 Å². The molecule has 1 fully saturated rings. The predicted octanol–water partition coefficient (Wildman–Crippen LogP) is 4.55. The number of fused-ring (bicyclic) bond motifs is 1. The number of hydrogen-bond donors (Lipinski definition) is 0. The number of piperazine rings is 1. The summed E-state index contributed by atoms with van der Waals surface area (Å²) in [7, 11) is 3.21. The highest BCUT2D eigenvalue weighted by Gasteiger charge is 2.20. The molecular weight excluding hydrogens is 508 g/mol. The minimum absolute atomic E-state index is 0.513. The summed E-state index contributed by atoms with van der Waals surface area (Å²) >= 11 is 9.75. The second-order valence-corrected chi connectivity index (χ2v) is 8.96. The Hall–Kier alpha value is -3.04. The maximum Gasteiger partial charge on any atom is 0.225 e. The molecule has 0 amide bonds. The van der Waals surface area contributed by atoms with Gasteiger partial charge in [-0.3, -0.25) is 0 Å². The van der Waals surface area contributed by atoms with Gasteiger partial charge in [-0.05, 0) is 28.1 Å². The van der Waals surface area contributed by atoms with Crippen molar-refractivity contribution >= 4 is 44.8 Å². The van der Waals surface area contributed by atoms with Crippen LogP contribution in [0.2, 0.25) is 5.02 Å². The molecule has 4 aromatic rings. The third kappa shape index (κ3) is 4.30. The molecule has 1 saturated heterocycles. The summed E-state index contributed by atoms with van der Waals surface area (Å²) in [6.45, 7) is 3.47. The summed E-state index contributed by atoms with van der Waals surface area (Å²) in [5.41, 5.74) is 3.59. The first-order valence-electron chi connectivity index (χ1n) is 10.4. The minimum Gasteiger partial charge on any atom is -0.496 e. The maximum absolute atomic E-state index is 6.36. The normalized spacial score (nSPS) is 14.1. The SMILES string of the molecule is COc1cc(OC)c(-c2cn3ccc(N4CCN(c5ncc(Br)cn5)CC4)cc3n2)cc1Cl. The van der Waals surface area contributed by atoms with Crippen LogP contribution in [0, 0.1) is 0 Å². The summed E-state index contributed by atoms with van der Waals surface area (Å²) in [6, 6.07) is 7.82. The van der Waals surface area contributed by atoms with E-state index in [0.29, 0.717) is 16.5 Å². The quantitative estimate of drug-likeness (QED) is 0.376. The highest BCUT2D eigenvalue weighted by molar-refractivity contribution is 9.10. The zero-order valence-corrected chi connectivity index (χ0v) is 20.5. The number of anilines is 2. The Morgan fingerprint density at radius 3 is 2.33 bits per heavy atom. The van der Waals surface area contributed by atoms with Crippen molar-refractivity contribution in [2.75, 3.05) is 50.2 Å². The predicted molar refractivity (Wildman–Crippen MR) is 133 cm³/mol. The smallest absolute Gasteiger partial charge is 0.225 e. The number of hydrogen-bond acceptors (Lipinski definition) is 7. The average molecular weight is 530 g/mol. The molecule has 0 spiro atoms. The van der Waals surface area contributed by atoms with E-state index in [1.165, 1.54) is 0 Å². The number of pyridine rings is 1. The zero-order chi connectivity index (χ0) is 22.9. The van der Waals surface area contributed by atoms with Gasteiger partial charge in [0, 0.05) is 74.3 Å². The highest BCUT2D eigenvalue weighted by atomic mass is 79.9. The van der Waals surface area contributed by atoms with Crippen LogP contribution in [0.4, 0.5) is 11.6 Å². The zero-order valence-electron chi connectivity index (χ0n) is 18.2. The molecule has 3 aromatic heterocycles. The van der Waals surface area contributed by atoms with Crippen molar-refractivity contribution in [3.8, 4) is 22.8 Å². The molecule has 0 unspecified atom stereocenters. The molecule has 0 N–H and O–H groups in total. The first kappa shape index (κ1) is 21.8. The number of aromatic nitrogens is 4. The Kier molecular flexibility index (Phi) is 5.99. The Labute approximate surface area is 204 Å². The van der Waals surface area contributed by atoms with Crippen molar-refractivity contribution < 1.29 is 9.47 Å². The van der Waals surface area contributed by atoms with Gasteiger partial charge in [0.25, 0.3) is 0 Å². The average Bonchev–Trinajstić information content (AvgIpc) is 3.28. The van der Waals surface area contributed by atoms with Crippen LogP contribution < -0.4 is 19.3 Å². The number of methoxy groups -OCH3 is 2. The van der Waals surface area contributed by atoms with Gasteiger partial charge < -0.3 is 23.7 Å². The van der Waals surface area contributed by atoms with Crippen LogP contribution in [0.25, 0.3) is 16.9 Å². The highest BCUT2D eigenvalue weighted by Crippen LogP contribution is 2.38. The summed E-state index contributed by atoms with van der Waals surface area (Å²) in [5, 5.41) is 0.513. The number of benzene rings is 1. The molecule has 0 atom stereocenters. The standard InChI is InChI=1S/C23H22BrClN6O2/c1-32-20-11-21(33-2)18(25)10-17(20)19-14-31-4-3-16(9-22(31)28-19)29-5-7-30(8-6-29)23-26-12-15(24)13-27-23/h3-4,9-14H,5-8H2,1-2H3. The van der Waals surface area contributed by atoms with E-state index in [1.54, 1.807) is 32.7 Å². The van der Waals surface area contributed by atoms with E-state index >= 15 is 0 Å². The first-order valence-corrected chi connectivity index (χ1v) is 11.6. The van der Waals surface area contributed by atoms with Gasteiger partial charge in [0.15, 0.2) is 0 Å². The Morgan fingerprint density at radius 2 is 1.64 bits per heavy atom. The van der Waals surface area contributed by atoms with Gasteiger partial charge in [-0.1, -0.05) is 11.6 Å². The monoisotopic (exact) mass is 528 g/mol. The molecule has 1 aliphatic rings. The van der Waals surface area contributed by atoms with Crippen LogP contribution in [0.1, 0.15) is 0 Å². The van der Waals surface area contributed by atoms with E-state index < -0.39 is 0 Å². The van der Waals surface area contributed by atoms with Crippen LogP contribution in [-0.2, 0) is 0 Å². The fourth-order valence-corrected chi connectivity index (χ4v) is 4.44.